The summed E-state index contributed by atoms with van der Waals surface area (Å²) in [6.45, 7) is 0.580. The van der Waals surface area contributed by atoms with Crippen LogP contribution in [0.1, 0.15) is 28.4 Å². The summed E-state index contributed by atoms with van der Waals surface area (Å²) in [5.41, 5.74) is -3.65. The van der Waals surface area contributed by atoms with Gasteiger partial charge < -0.3 is 10.6 Å². The van der Waals surface area contributed by atoms with Crippen LogP contribution >= 0.6 is 0 Å². The van der Waals surface area contributed by atoms with Crippen molar-refractivity contribution in [3.63, 3.8) is 0 Å². The number of halogens is 4. The maximum Gasteiger partial charge on any atom is 0.416 e. The molecule has 34 heavy (non-hydrogen) atoms. The highest BCUT2D eigenvalue weighted by Crippen LogP contribution is 2.32. The smallest absolute Gasteiger partial charge is 0.347 e. The second-order valence-electron chi connectivity index (χ2n) is 6.79. The van der Waals surface area contributed by atoms with Crippen molar-refractivity contribution in [2.75, 3.05) is 5.32 Å². The number of alkyl halides is 3. The lowest BCUT2D eigenvalue weighted by molar-refractivity contribution is -0.385. The molecule has 2 aromatic carbocycles. The number of nitrogens with zero attached hydrogens (tertiary/aromatic N) is 1. The number of amides is 2. The van der Waals surface area contributed by atoms with E-state index in [1.165, 1.54) is 18.2 Å². The summed E-state index contributed by atoms with van der Waals surface area (Å²) in [5, 5.41) is 22.7. The van der Waals surface area contributed by atoms with Crippen LogP contribution in [0.4, 0.5) is 28.9 Å². The van der Waals surface area contributed by atoms with Crippen molar-refractivity contribution in [3.05, 3.63) is 81.2 Å². The lowest BCUT2D eigenvalue weighted by atomic mass is 10.1. The molecule has 0 aliphatic heterocycles. The fourth-order valence-electron chi connectivity index (χ4n) is 2.63. The Kier molecular flexibility index (Phi) is 7.95. The molecule has 0 aliphatic rings. The normalized spacial score (nSPS) is 11.2. The fourth-order valence-corrected chi connectivity index (χ4v) is 2.63. The number of carbonyl (C=O) groups excluding carboxylic acids is 3. The van der Waals surface area contributed by atoms with Crippen LogP contribution < -0.4 is 10.6 Å². The predicted molar refractivity (Wildman–Crippen MR) is 112 cm³/mol. The molecule has 9 nitrogen and oxygen atoms in total. The molecule has 2 aromatic rings. The zero-order chi connectivity index (χ0) is 25.6. The summed E-state index contributed by atoms with van der Waals surface area (Å²) in [7, 11) is 0. The lowest BCUT2D eigenvalue weighted by Gasteiger charge is -2.10. The van der Waals surface area contributed by atoms with Gasteiger partial charge in [-0.25, -0.2) is 4.39 Å². The molecule has 13 heteroatoms. The van der Waals surface area contributed by atoms with Gasteiger partial charge in [-0.2, -0.15) is 13.2 Å². The van der Waals surface area contributed by atoms with Crippen molar-refractivity contribution < 1.29 is 36.9 Å². The zero-order valence-electron chi connectivity index (χ0n) is 17.3. The van der Waals surface area contributed by atoms with Crippen LogP contribution in [0.5, 0.6) is 0 Å². The zero-order valence-corrected chi connectivity index (χ0v) is 17.3. The van der Waals surface area contributed by atoms with E-state index in [1.54, 1.807) is 0 Å². The van der Waals surface area contributed by atoms with Crippen LogP contribution in [-0.4, -0.2) is 28.2 Å². The molecule has 0 unspecified atom stereocenters. The van der Waals surface area contributed by atoms with Gasteiger partial charge in [-0.1, -0.05) is 6.07 Å². The van der Waals surface area contributed by atoms with Crippen LogP contribution in [0.2, 0.25) is 0 Å². The van der Waals surface area contributed by atoms with Crippen LogP contribution in [0.15, 0.2) is 48.6 Å². The minimum Gasteiger partial charge on any atom is -0.347 e. The maximum atomic E-state index is 14.2. The second kappa shape index (κ2) is 10.5. The van der Waals surface area contributed by atoms with Gasteiger partial charge in [0.05, 0.1) is 21.7 Å². The van der Waals surface area contributed by atoms with Gasteiger partial charge in [-0.3, -0.25) is 29.9 Å². The molecule has 0 bridgehead atoms. The number of hydrogen-bond acceptors (Lipinski definition) is 6. The number of nitro benzene ring substituents is 1. The number of benzene rings is 2. The highest BCUT2D eigenvalue weighted by Gasteiger charge is 2.32. The topological polar surface area (TPSA) is 142 Å². The van der Waals surface area contributed by atoms with Gasteiger partial charge in [0.15, 0.2) is 11.6 Å². The molecular formula is C21H16F4N4O5. The first-order valence-electron chi connectivity index (χ1n) is 9.30. The highest BCUT2D eigenvalue weighted by molar-refractivity contribution is 6.42. The SMILES string of the molecule is CC(=O)c1cccc(NC(=O)/C=C\C(=N)C(=O)NCc2cc([N+](=O)[O-])cc(C(F)(F)F)c2)c1F. The molecule has 3 N–H and O–H groups in total. The number of Topliss-reactive ketones (excluding diaryl/α,β-unsaturated/α-hetero) is 1. The van der Waals surface area contributed by atoms with Crippen LogP contribution in [-0.2, 0) is 22.3 Å². The molecule has 0 spiro atoms. The Balaban J connectivity index is 2.03. The quantitative estimate of drug-likeness (QED) is 0.132. The third-order valence-corrected chi connectivity index (χ3v) is 4.25. The average Bonchev–Trinajstić information content (AvgIpc) is 2.76. The molecule has 0 heterocycles. The third-order valence-electron chi connectivity index (χ3n) is 4.25. The predicted octanol–water partition coefficient (Wildman–Crippen LogP) is 3.79. The summed E-state index contributed by atoms with van der Waals surface area (Å²) in [4.78, 5) is 45.1. The Morgan fingerprint density at radius 2 is 1.82 bits per heavy atom. The number of nitrogens with one attached hydrogen (secondary N) is 3. The molecular weight excluding hydrogens is 464 g/mol. The first-order valence-corrected chi connectivity index (χ1v) is 9.30. The Hall–Kier alpha value is -4.42. The highest BCUT2D eigenvalue weighted by atomic mass is 19.4. The largest absolute Gasteiger partial charge is 0.416 e. The summed E-state index contributed by atoms with van der Waals surface area (Å²) in [6, 6.07) is 5.56. The van der Waals surface area contributed by atoms with Crippen molar-refractivity contribution in [1.82, 2.24) is 5.32 Å². The van der Waals surface area contributed by atoms with E-state index in [-0.39, 0.29) is 16.8 Å². The summed E-state index contributed by atoms with van der Waals surface area (Å²) < 4.78 is 53.0. The third kappa shape index (κ3) is 6.79. The minimum absolute atomic E-state index is 0.231. The minimum atomic E-state index is -4.85. The van der Waals surface area contributed by atoms with Gasteiger partial charge in [0, 0.05) is 24.8 Å². The number of ketones is 1. The number of rotatable bonds is 8. The van der Waals surface area contributed by atoms with E-state index >= 15 is 0 Å². The molecule has 0 aromatic heterocycles. The van der Waals surface area contributed by atoms with Gasteiger partial charge in [0.1, 0.15) is 5.71 Å². The molecule has 0 fully saturated rings. The number of nitro groups is 1. The number of non-ortho nitro benzene ring substituents is 1. The first-order chi connectivity index (χ1) is 15.8. The Morgan fingerprint density at radius 1 is 1.15 bits per heavy atom. The molecule has 0 saturated heterocycles. The van der Waals surface area contributed by atoms with Gasteiger partial charge in [0.2, 0.25) is 5.91 Å². The van der Waals surface area contributed by atoms with Gasteiger partial charge >= 0.3 is 6.18 Å². The first kappa shape index (κ1) is 25.8. The summed E-state index contributed by atoms with van der Waals surface area (Å²) in [5.74, 6) is -3.53. The Morgan fingerprint density at radius 3 is 2.41 bits per heavy atom. The van der Waals surface area contributed by atoms with Crippen molar-refractivity contribution >= 4 is 34.7 Å². The van der Waals surface area contributed by atoms with Crippen LogP contribution in [0.25, 0.3) is 0 Å². The maximum absolute atomic E-state index is 14.2. The van der Waals surface area contributed by atoms with Crippen LogP contribution in [0, 0.1) is 21.3 Å². The molecule has 2 amide bonds. The van der Waals surface area contributed by atoms with E-state index in [1.807, 2.05) is 0 Å². The van der Waals surface area contributed by atoms with E-state index in [0.29, 0.717) is 12.1 Å². The molecule has 2 rings (SSSR count). The fraction of sp³-hybridized carbons (Fsp3) is 0.143. The van der Waals surface area contributed by atoms with Crippen molar-refractivity contribution in [1.29, 1.82) is 5.41 Å². The van der Waals surface area contributed by atoms with Crippen LogP contribution in [0.3, 0.4) is 0 Å². The molecule has 0 atom stereocenters. The second-order valence-corrected chi connectivity index (χ2v) is 6.79. The monoisotopic (exact) mass is 480 g/mol. The van der Waals surface area contributed by atoms with Crippen molar-refractivity contribution in [2.45, 2.75) is 19.6 Å². The van der Waals surface area contributed by atoms with E-state index in [4.69, 9.17) is 5.41 Å². The number of carbonyl (C=O) groups is 3. The van der Waals surface area contributed by atoms with E-state index in [9.17, 15) is 42.1 Å². The van der Waals surface area contributed by atoms with Crippen molar-refractivity contribution in [3.8, 4) is 0 Å². The van der Waals surface area contributed by atoms with Gasteiger partial charge in [-0.05, 0) is 36.8 Å². The van der Waals surface area contributed by atoms with Crippen molar-refractivity contribution in [2.24, 2.45) is 0 Å². The Bertz CT molecular complexity index is 1210. The lowest BCUT2D eigenvalue weighted by Crippen LogP contribution is -2.29. The molecule has 0 radical (unpaired) electrons. The Labute approximate surface area is 189 Å². The number of anilines is 1. The average molecular weight is 480 g/mol. The standard InChI is InChI=1S/C21H16F4N4O5/c1-11(30)15-3-2-4-17(19(15)22)28-18(31)6-5-16(26)20(32)27-10-12-7-13(21(23,24)25)9-14(8-12)29(33)34/h2-9,26H,10H2,1H3,(H,27,32)(H,28,31)/b6-5-,26-16?. The van der Waals surface area contributed by atoms with Gasteiger partial charge in [0.25, 0.3) is 11.6 Å². The molecule has 0 aliphatic carbocycles. The van der Waals surface area contributed by atoms with E-state index < -0.39 is 58.0 Å². The number of hydrogen-bond donors (Lipinski definition) is 3. The van der Waals surface area contributed by atoms with Gasteiger partial charge in [-0.15, -0.1) is 0 Å². The summed E-state index contributed by atoms with van der Waals surface area (Å²) in [6.07, 6.45) is -3.36. The van der Waals surface area contributed by atoms with E-state index in [2.05, 4.69) is 10.6 Å². The molecule has 178 valence electrons. The van der Waals surface area contributed by atoms with E-state index in [0.717, 1.165) is 25.1 Å². The summed E-state index contributed by atoms with van der Waals surface area (Å²) >= 11 is 0. The molecule has 0 saturated carbocycles.